The van der Waals surface area contributed by atoms with Crippen LogP contribution in [0.4, 0.5) is 0 Å². The number of ether oxygens (including phenoxy) is 1. The van der Waals surface area contributed by atoms with Gasteiger partial charge in [-0.05, 0) is 59.1 Å². The lowest BCUT2D eigenvalue weighted by Crippen LogP contribution is -2.25. The van der Waals surface area contributed by atoms with Crippen molar-refractivity contribution in [3.63, 3.8) is 0 Å². The number of rotatable bonds is 5. The largest absolute Gasteiger partial charge is 0.469 e. The Morgan fingerprint density at radius 1 is 0.800 bits per heavy atom. The predicted molar refractivity (Wildman–Crippen MR) is 117 cm³/mol. The Morgan fingerprint density at radius 2 is 1.30 bits per heavy atom. The van der Waals surface area contributed by atoms with Crippen molar-refractivity contribution in [2.45, 2.75) is 64.7 Å². The fraction of sp³-hybridized carbons (Fsp3) is 0.423. The Labute approximate surface area is 178 Å². The van der Waals surface area contributed by atoms with E-state index in [-0.39, 0.29) is 28.4 Å². The van der Waals surface area contributed by atoms with Crippen LogP contribution in [-0.2, 0) is 20.4 Å². The highest BCUT2D eigenvalue weighted by atomic mass is 16.5. The Balaban J connectivity index is 1.96. The molecule has 0 saturated heterocycles. The fourth-order valence-electron chi connectivity index (χ4n) is 3.96. The van der Waals surface area contributed by atoms with Gasteiger partial charge in [0, 0.05) is 28.7 Å². The minimum atomic E-state index is -0.236. The molecule has 0 atom stereocenters. The molecule has 3 rings (SSSR count). The molecule has 0 spiro atoms. The van der Waals surface area contributed by atoms with Crippen molar-refractivity contribution in [1.29, 1.82) is 0 Å². The van der Waals surface area contributed by atoms with E-state index in [0.717, 1.165) is 17.5 Å². The van der Waals surface area contributed by atoms with E-state index in [1.807, 2.05) is 24.3 Å². The van der Waals surface area contributed by atoms with Crippen molar-refractivity contribution in [2.75, 3.05) is 7.11 Å². The molecule has 4 heteroatoms. The zero-order valence-electron chi connectivity index (χ0n) is 18.7. The van der Waals surface area contributed by atoms with Crippen molar-refractivity contribution in [1.82, 2.24) is 0 Å². The summed E-state index contributed by atoms with van der Waals surface area (Å²) in [6.45, 7) is 10.5. The Morgan fingerprint density at radius 3 is 1.83 bits per heavy atom. The van der Waals surface area contributed by atoms with Gasteiger partial charge in [-0.15, -0.1) is 0 Å². The lowest BCUT2D eigenvalue weighted by atomic mass is 9.75. The first-order chi connectivity index (χ1) is 14.0. The number of methoxy groups -OCH3 is 1. The quantitative estimate of drug-likeness (QED) is 0.534. The second-order valence-electron chi connectivity index (χ2n) is 9.74. The van der Waals surface area contributed by atoms with E-state index >= 15 is 0 Å². The molecule has 30 heavy (non-hydrogen) atoms. The third-order valence-corrected chi connectivity index (χ3v) is 6.08. The maximum Gasteiger partial charge on any atom is 0.305 e. The summed E-state index contributed by atoms with van der Waals surface area (Å²) >= 11 is 0. The zero-order chi connectivity index (χ0) is 22.3. The van der Waals surface area contributed by atoms with Crippen LogP contribution in [0.5, 0.6) is 0 Å². The summed E-state index contributed by atoms with van der Waals surface area (Å²) in [5, 5.41) is 0. The van der Waals surface area contributed by atoms with Crippen molar-refractivity contribution in [3.8, 4) is 0 Å². The monoisotopic (exact) mass is 406 g/mol. The van der Waals surface area contributed by atoms with E-state index in [4.69, 9.17) is 4.74 Å². The van der Waals surface area contributed by atoms with Crippen LogP contribution in [0, 0.1) is 0 Å². The van der Waals surface area contributed by atoms with Crippen molar-refractivity contribution >= 4 is 17.5 Å². The molecule has 0 heterocycles. The van der Waals surface area contributed by atoms with Gasteiger partial charge in [-0.25, -0.2) is 0 Å². The molecule has 0 aliphatic heterocycles. The fourth-order valence-corrected chi connectivity index (χ4v) is 3.96. The SMILES string of the molecule is COC(=O)CCCC(C)(C)c1ccc2c(c1)C(=O)c1cc(C(C)(C)C)ccc1C2=O. The molecule has 2 aromatic carbocycles. The van der Waals surface area contributed by atoms with Gasteiger partial charge < -0.3 is 4.74 Å². The first-order valence-corrected chi connectivity index (χ1v) is 10.4. The van der Waals surface area contributed by atoms with Gasteiger partial charge in [-0.1, -0.05) is 46.8 Å². The van der Waals surface area contributed by atoms with Gasteiger partial charge in [0.2, 0.25) is 0 Å². The van der Waals surface area contributed by atoms with Gasteiger partial charge in [0.1, 0.15) is 0 Å². The Kier molecular flexibility index (Phi) is 5.72. The zero-order valence-corrected chi connectivity index (χ0v) is 18.7. The maximum absolute atomic E-state index is 13.3. The van der Waals surface area contributed by atoms with Crippen molar-refractivity contribution < 1.29 is 19.1 Å². The molecule has 0 aromatic heterocycles. The molecule has 0 unspecified atom stereocenters. The second kappa shape index (κ2) is 7.82. The van der Waals surface area contributed by atoms with E-state index in [2.05, 4.69) is 34.6 Å². The normalized spacial score (nSPS) is 13.7. The Bertz CT molecular complexity index is 1020. The van der Waals surface area contributed by atoms with Gasteiger partial charge in [0.05, 0.1) is 7.11 Å². The lowest BCUT2D eigenvalue weighted by molar-refractivity contribution is -0.140. The Hall–Kier alpha value is -2.75. The highest BCUT2D eigenvalue weighted by Gasteiger charge is 2.32. The summed E-state index contributed by atoms with van der Waals surface area (Å²) < 4.78 is 4.72. The minimum Gasteiger partial charge on any atom is -0.469 e. The van der Waals surface area contributed by atoms with E-state index < -0.39 is 0 Å². The third kappa shape index (κ3) is 4.09. The average Bonchev–Trinajstić information content (AvgIpc) is 2.70. The number of hydrogen-bond acceptors (Lipinski definition) is 4. The first kappa shape index (κ1) is 21.9. The van der Waals surface area contributed by atoms with Crippen LogP contribution < -0.4 is 0 Å². The van der Waals surface area contributed by atoms with Gasteiger partial charge in [0.25, 0.3) is 0 Å². The summed E-state index contributed by atoms with van der Waals surface area (Å²) in [7, 11) is 1.39. The molecule has 2 aromatic rings. The number of carbonyl (C=O) groups excluding carboxylic acids is 3. The second-order valence-corrected chi connectivity index (χ2v) is 9.74. The number of ketones is 2. The first-order valence-electron chi connectivity index (χ1n) is 10.4. The number of fused-ring (bicyclic) bond motifs is 2. The highest BCUT2D eigenvalue weighted by Crippen LogP contribution is 2.35. The number of benzene rings is 2. The smallest absolute Gasteiger partial charge is 0.305 e. The van der Waals surface area contributed by atoms with Gasteiger partial charge in [-0.3, -0.25) is 14.4 Å². The van der Waals surface area contributed by atoms with Gasteiger partial charge in [0.15, 0.2) is 11.6 Å². The highest BCUT2D eigenvalue weighted by molar-refractivity contribution is 6.28. The lowest BCUT2D eigenvalue weighted by Gasteiger charge is -2.28. The third-order valence-electron chi connectivity index (χ3n) is 6.08. The van der Waals surface area contributed by atoms with Crippen molar-refractivity contribution in [3.05, 3.63) is 69.8 Å². The van der Waals surface area contributed by atoms with E-state index in [1.54, 1.807) is 12.1 Å². The predicted octanol–water partition coefficient (Wildman–Crippen LogP) is 5.38. The summed E-state index contributed by atoms with van der Waals surface area (Å²) in [4.78, 5) is 37.8. The molecule has 0 saturated carbocycles. The number of hydrogen-bond donors (Lipinski definition) is 0. The minimum absolute atomic E-state index is 0.0992. The summed E-state index contributed by atoms with van der Waals surface area (Å²) in [5.41, 5.74) is 3.57. The standard InChI is InChI=1S/C26H30O4/c1-25(2,3)16-9-11-18-20(14-16)24(29)21-15-17(10-12-19(21)23(18)28)26(4,5)13-7-8-22(27)30-6/h9-12,14-15H,7-8,13H2,1-6H3. The van der Waals surface area contributed by atoms with Crippen LogP contribution in [0.1, 0.15) is 96.9 Å². The van der Waals surface area contributed by atoms with Crippen LogP contribution in [0.15, 0.2) is 36.4 Å². The van der Waals surface area contributed by atoms with Crippen LogP contribution >= 0.6 is 0 Å². The molecular formula is C26H30O4. The van der Waals surface area contributed by atoms with Crippen LogP contribution in [0.3, 0.4) is 0 Å². The molecule has 4 nitrogen and oxygen atoms in total. The molecule has 0 bridgehead atoms. The van der Waals surface area contributed by atoms with Crippen molar-refractivity contribution in [2.24, 2.45) is 0 Å². The molecule has 0 amide bonds. The van der Waals surface area contributed by atoms with E-state index in [9.17, 15) is 14.4 Å². The molecule has 0 fully saturated rings. The number of carbonyl (C=O) groups is 3. The van der Waals surface area contributed by atoms with Crippen LogP contribution in [0.25, 0.3) is 0 Å². The average molecular weight is 407 g/mol. The summed E-state index contributed by atoms with van der Waals surface area (Å²) in [6, 6.07) is 11.1. The van der Waals surface area contributed by atoms with Gasteiger partial charge in [-0.2, -0.15) is 0 Å². The molecule has 0 N–H and O–H groups in total. The van der Waals surface area contributed by atoms with E-state index in [1.165, 1.54) is 7.11 Å². The molecular weight excluding hydrogens is 376 g/mol. The summed E-state index contributed by atoms with van der Waals surface area (Å²) in [6.07, 6.45) is 1.83. The molecule has 1 aliphatic rings. The molecule has 158 valence electrons. The van der Waals surface area contributed by atoms with Crippen LogP contribution in [-0.4, -0.2) is 24.6 Å². The maximum atomic E-state index is 13.3. The molecule has 0 radical (unpaired) electrons. The van der Waals surface area contributed by atoms with Crippen LogP contribution in [0.2, 0.25) is 0 Å². The molecule has 1 aliphatic carbocycles. The van der Waals surface area contributed by atoms with E-state index in [0.29, 0.717) is 35.1 Å². The topological polar surface area (TPSA) is 60.4 Å². The summed E-state index contributed by atoms with van der Waals surface area (Å²) in [5.74, 6) is -0.420. The number of esters is 1. The van der Waals surface area contributed by atoms with Gasteiger partial charge >= 0.3 is 5.97 Å².